The Balaban J connectivity index is 1.72. The number of nitrogens with two attached hydrogens (primary N) is 1. The standard InChI is InChI=1S/C22H19ClFN5O4/c23-13-4-7-18(26-11-13)22(10-15(30)12-29(22)21(25)33)20(32)27-14-5-6-17(16(24)9-14)28-8-2-1-3-19(28)31/h1-9,11,15,30H,10,12H2,(H2,25,33)(H,27,32)/t15-,22-/m1/s1. The first-order valence-electron chi connectivity index (χ1n) is 9.88. The van der Waals surface area contributed by atoms with Crippen LogP contribution in [0.15, 0.2) is 65.7 Å². The number of urea groups is 1. The molecule has 4 rings (SSSR count). The van der Waals surface area contributed by atoms with Gasteiger partial charge in [-0.15, -0.1) is 0 Å². The molecule has 0 aliphatic carbocycles. The molecule has 3 aromatic rings. The third kappa shape index (κ3) is 4.06. The van der Waals surface area contributed by atoms with Crippen molar-refractivity contribution < 1.29 is 19.1 Å². The fraction of sp³-hybridized carbons (Fsp3) is 0.182. The van der Waals surface area contributed by atoms with Crippen LogP contribution in [0.5, 0.6) is 0 Å². The molecular weight excluding hydrogens is 453 g/mol. The third-order valence-electron chi connectivity index (χ3n) is 5.47. The number of carbonyl (C=O) groups is 2. The van der Waals surface area contributed by atoms with Gasteiger partial charge in [-0.3, -0.25) is 19.1 Å². The van der Waals surface area contributed by atoms with E-state index in [0.29, 0.717) is 5.02 Å². The number of nitrogens with zero attached hydrogens (tertiary/aromatic N) is 3. The first-order valence-corrected chi connectivity index (χ1v) is 10.3. The van der Waals surface area contributed by atoms with E-state index in [9.17, 15) is 23.9 Å². The molecule has 0 bridgehead atoms. The molecule has 3 heterocycles. The zero-order valence-electron chi connectivity index (χ0n) is 17.1. The number of rotatable bonds is 4. The number of likely N-dealkylation sites (tertiary alicyclic amines) is 1. The summed E-state index contributed by atoms with van der Waals surface area (Å²) in [7, 11) is 0. The van der Waals surface area contributed by atoms with Gasteiger partial charge in [0.25, 0.3) is 11.5 Å². The lowest BCUT2D eigenvalue weighted by Gasteiger charge is -2.35. The van der Waals surface area contributed by atoms with Gasteiger partial charge in [0.15, 0.2) is 5.54 Å². The van der Waals surface area contributed by atoms with Crippen LogP contribution < -0.4 is 16.6 Å². The van der Waals surface area contributed by atoms with Gasteiger partial charge in [0.1, 0.15) is 5.82 Å². The van der Waals surface area contributed by atoms with Crippen LogP contribution in [-0.2, 0) is 10.3 Å². The number of carbonyl (C=O) groups excluding carboxylic acids is 2. The Morgan fingerprint density at radius 1 is 1.24 bits per heavy atom. The highest BCUT2D eigenvalue weighted by Crippen LogP contribution is 2.39. The zero-order valence-corrected chi connectivity index (χ0v) is 17.9. The molecule has 0 unspecified atom stereocenters. The summed E-state index contributed by atoms with van der Waals surface area (Å²) in [5.41, 5.74) is 3.57. The van der Waals surface area contributed by atoms with E-state index < -0.39 is 35.0 Å². The molecule has 1 fully saturated rings. The number of β-amino-alcohol motifs (C(OH)–C–C–N with tert-alkyl or cyclic N) is 1. The van der Waals surface area contributed by atoms with Gasteiger partial charge < -0.3 is 21.1 Å². The van der Waals surface area contributed by atoms with E-state index in [0.717, 1.165) is 15.5 Å². The van der Waals surface area contributed by atoms with E-state index in [-0.39, 0.29) is 30.0 Å². The average Bonchev–Trinajstić information content (AvgIpc) is 3.14. The number of halogens is 2. The normalized spacial score (nSPS) is 20.0. The van der Waals surface area contributed by atoms with Crippen LogP contribution in [0.2, 0.25) is 5.02 Å². The monoisotopic (exact) mass is 471 g/mol. The number of aliphatic hydroxyl groups is 1. The molecule has 0 spiro atoms. The van der Waals surface area contributed by atoms with Crippen molar-refractivity contribution in [1.82, 2.24) is 14.5 Å². The van der Waals surface area contributed by atoms with E-state index in [1.165, 1.54) is 48.8 Å². The number of anilines is 1. The lowest BCUT2D eigenvalue weighted by molar-refractivity contribution is -0.126. The molecule has 1 saturated heterocycles. The topological polar surface area (TPSA) is 131 Å². The summed E-state index contributed by atoms with van der Waals surface area (Å²) < 4.78 is 15.9. The van der Waals surface area contributed by atoms with Crippen LogP contribution in [0.4, 0.5) is 14.9 Å². The van der Waals surface area contributed by atoms with Gasteiger partial charge in [0.05, 0.1) is 22.5 Å². The second-order valence-electron chi connectivity index (χ2n) is 7.56. The number of aliphatic hydroxyl groups excluding tert-OH is 1. The predicted molar refractivity (Wildman–Crippen MR) is 118 cm³/mol. The molecule has 1 aliphatic rings. The van der Waals surface area contributed by atoms with Crippen molar-refractivity contribution in [3.63, 3.8) is 0 Å². The molecular formula is C22H19ClFN5O4. The van der Waals surface area contributed by atoms with Gasteiger partial charge in [-0.05, 0) is 36.4 Å². The molecule has 4 N–H and O–H groups in total. The summed E-state index contributed by atoms with van der Waals surface area (Å²) in [6.45, 7) is -0.183. The van der Waals surface area contributed by atoms with Gasteiger partial charge in [-0.1, -0.05) is 17.7 Å². The van der Waals surface area contributed by atoms with Crippen LogP contribution in [-0.4, -0.2) is 44.1 Å². The maximum Gasteiger partial charge on any atom is 0.316 e. The van der Waals surface area contributed by atoms with Gasteiger partial charge in [-0.25, -0.2) is 9.18 Å². The summed E-state index contributed by atoms with van der Waals surface area (Å²) in [6.07, 6.45) is 1.52. The Kier molecular flexibility index (Phi) is 5.88. The van der Waals surface area contributed by atoms with E-state index in [1.54, 1.807) is 6.07 Å². The van der Waals surface area contributed by atoms with Crippen LogP contribution in [0.3, 0.4) is 0 Å². The van der Waals surface area contributed by atoms with Gasteiger partial charge in [0.2, 0.25) is 0 Å². The molecule has 170 valence electrons. The van der Waals surface area contributed by atoms with Crippen LogP contribution in [0, 0.1) is 5.82 Å². The summed E-state index contributed by atoms with van der Waals surface area (Å²) in [5.74, 6) is -1.49. The fourth-order valence-corrected chi connectivity index (χ4v) is 4.11. The second kappa shape index (κ2) is 8.64. The van der Waals surface area contributed by atoms with Crippen molar-refractivity contribution in [2.45, 2.75) is 18.1 Å². The van der Waals surface area contributed by atoms with Gasteiger partial charge >= 0.3 is 6.03 Å². The molecule has 0 radical (unpaired) electrons. The maximum absolute atomic E-state index is 14.8. The van der Waals surface area contributed by atoms with Crippen LogP contribution in [0.1, 0.15) is 12.1 Å². The van der Waals surface area contributed by atoms with E-state index in [1.807, 2.05) is 0 Å². The zero-order chi connectivity index (χ0) is 23.8. The number of pyridine rings is 2. The summed E-state index contributed by atoms with van der Waals surface area (Å²) in [4.78, 5) is 42.8. The molecule has 2 aromatic heterocycles. The van der Waals surface area contributed by atoms with E-state index in [4.69, 9.17) is 17.3 Å². The average molecular weight is 472 g/mol. The maximum atomic E-state index is 14.8. The highest BCUT2D eigenvalue weighted by atomic mass is 35.5. The number of primary amides is 1. The fourth-order valence-electron chi connectivity index (χ4n) is 4.00. The van der Waals surface area contributed by atoms with E-state index in [2.05, 4.69) is 10.3 Å². The second-order valence-corrected chi connectivity index (χ2v) is 7.99. The SMILES string of the molecule is NC(=O)N1C[C@H](O)C[C@]1(C(=O)Nc1ccc(-n2ccccc2=O)c(F)c1)c1ccc(Cl)cn1. The van der Waals surface area contributed by atoms with Crippen molar-refractivity contribution in [2.75, 3.05) is 11.9 Å². The number of hydrogen-bond acceptors (Lipinski definition) is 5. The highest BCUT2D eigenvalue weighted by molar-refractivity contribution is 6.30. The lowest BCUT2D eigenvalue weighted by atomic mass is 9.89. The molecule has 9 nitrogen and oxygen atoms in total. The Morgan fingerprint density at radius 3 is 2.67 bits per heavy atom. The predicted octanol–water partition coefficient (Wildman–Crippen LogP) is 2.00. The lowest BCUT2D eigenvalue weighted by Crippen LogP contribution is -2.55. The number of aromatic nitrogens is 2. The minimum atomic E-state index is -1.73. The quantitative estimate of drug-likeness (QED) is 0.535. The Morgan fingerprint density at radius 2 is 2.03 bits per heavy atom. The summed E-state index contributed by atoms with van der Waals surface area (Å²) in [6, 6.07) is 10.3. The summed E-state index contributed by atoms with van der Waals surface area (Å²) in [5, 5.41) is 13.2. The largest absolute Gasteiger partial charge is 0.391 e. The first kappa shape index (κ1) is 22.4. The van der Waals surface area contributed by atoms with Crippen molar-refractivity contribution in [2.24, 2.45) is 5.73 Å². The van der Waals surface area contributed by atoms with Crippen LogP contribution >= 0.6 is 11.6 Å². The number of nitrogens with one attached hydrogen (secondary N) is 1. The first-order chi connectivity index (χ1) is 15.7. The molecule has 1 aliphatic heterocycles. The Bertz CT molecular complexity index is 1280. The van der Waals surface area contributed by atoms with Crippen molar-refractivity contribution in [3.05, 3.63) is 87.8 Å². The molecule has 2 atom stereocenters. The molecule has 1 aromatic carbocycles. The minimum absolute atomic E-state index is 0.00253. The van der Waals surface area contributed by atoms with Crippen molar-refractivity contribution in [1.29, 1.82) is 0 Å². The number of benzene rings is 1. The van der Waals surface area contributed by atoms with Crippen LogP contribution in [0.25, 0.3) is 5.69 Å². The van der Waals surface area contributed by atoms with Gasteiger partial charge in [0, 0.05) is 37.1 Å². The molecule has 0 saturated carbocycles. The minimum Gasteiger partial charge on any atom is -0.391 e. The Hall–Kier alpha value is -3.76. The number of hydrogen-bond donors (Lipinski definition) is 3. The van der Waals surface area contributed by atoms with Gasteiger partial charge in [-0.2, -0.15) is 0 Å². The van der Waals surface area contributed by atoms with Crippen molar-refractivity contribution >= 4 is 29.2 Å². The summed E-state index contributed by atoms with van der Waals surface area (Å²) >= 11 is 5.91. The Labute approximate surface area is 192 Å². The van der Waals surface area contributed by atoms with Crippen molar-refractivity contribution in [3.8, 4) is 5.69 Å². The third-order valence-corrected chi connectivity index (χ3v) is 5.69. The number of amides is 3. The molecule has 33 heavy (non-hydrogen) atoms. The highest BCUT2D eigenvalue weighted by Gasteiger charge is 2.55. The van der Waals surface area contributed by atoms with E-state index >= 15 is 0 Å². The molecule has 3 amide bonds. The molecule has 11 heteroatoms. The smallest absolute Gasteiger partial charge is 0.316 e.